The molecule has 0 aromatic heterocycles. The van der Waals surface area contributed by atoms with Crippen LogP contribution in [0, 0.1) is 5.82 Å². The zero-order valence-corrected chi connectivity index (χ0v) is 9.08. The maximum absolute atomic E-state index is 12.9. The number of benzene rings is 1. The summed E-state index contributed by atoms with van der Waals surface area (Å²) in [5.74, 6) is -0.475. The van der Waals surface area contributed by atoms with Crippen molar-refractivity contribution in [1.29, 1.82) is 0 Å². The molecule has 0 radical (unpaired) electrons. The van der Waals surface area contributed by atoms with Gasteiger partial charge in [0.05, 0.1) is 17.7 Å². The highest BCUT2D eigenvalue weighted by molar-refractivity contribution is 6.31. The number of aliphatic hydroxyl groups is 2. The molecule has 1 atom stereocenters. The normalized spacial score (nSPS) is 12.6. The van der Waals surface area contributed by atoms with Crippen molar-refractivity contribution in [2.75, 3.05) is 25.1 Å². The Morgan fingerprint density at radius 1 is 1.53 bits per heavy atom. The van der Waals surface area contributed by atoms with Gasteiger partial charge < -0.3 is 15.1 Å². The third kappa shape index (κ3) is 3.34. The summed E-state index contributed by atoms with van der Waals surface area (Å²) in [6, 6.07) is 4.30. The number of anilines is 1. The molecule has 3 nitrogen and oxygen atoms in total. The number of rotatable bonds is 4. The van der Waals surface area contributed by atoms with Gasteiger partial charge in [-0.05, 0) is 18.2 Å². The van der Waals surface area contributed by atoms with Crippen LogP contribution in [0.4, 0.5) is 10.1 Å². The first-order valence-corrected chi connectivity index (χ1v) is 4.87. The SMILES string of the molecule is CN(CC(O)CO)c1ccc(F)c(Cl)c1. The van der Waals surface area contributed by atoms with Crippen molar-refractivity contribution in [3.05, 3.63) is 29.0 Å². The number of likely N-dealkylation sites (N-methyl/N-ethyl adjacent to an activating group) is 1. The Bertz CT molecular complexity index is 335. The van der Waals surface area contributed by atoms with Gasteiger partial charge in [0.25, 0.3) is 0 Å². The van der Waals surface area contributed by atoms with Gasteiger partial charge in [-0.15, -0.1) is 0 Å². The monoisotopic (exact) mass is 233 g/mol. The summed E-state index contributed by atoms with van der Waals surface area (Å²) < 4.78 is 12.9. The number of nitrogens with zero attached hydrogens (tertiary/aromatic N) is 1. The molecule has 0 bridgehead atoms. The molecule has 0 aliphatic heterocycles. The average molecular weight is 234 g/mol. The summed E-state index contributed by atoms with van der Waals surface area (Å²) >= 11 is 5.61. The van der Waals surface area contributed by atoms with E-state index in [0.29, 0.717) is 5.69 Å². The van der Waals surface area contributed by atoms with Gasteiger partial charge in [-0.25, -0.2) is 4.39 Å². The molecule has 84 valence electrons. The molecule has 1 aromatic carbocycles. The lowest BCUT2D eigenvalue weighted by molar-refractivity contribution is 0.101. The van der Waals surface area contributed by atoms with Crippen LogP contribution in [-0.2, 0) is 0 Å². The van der Waals surface area contributed by atoms with E-state index in [4.69, 9.17) is 16.7 Å². The molecule has 1 rings (SSSR count). The molecule has 15 heavy (non-hydrogen) atoms. The summed E-state index contributed by atoms with van der Waals surface area (Å²) in [6.45, 7) is -0.0439. The van der Waals surface area contributed by atoms with Gasteiger partial charge in [0, 0.05) is 19.3 Å². The highest BCUT2D eigenvalue weighted by Crippen LogP contribution is 2.21. The fourth-order valence-electron chi connectivity index (χ4n) is 1.20. The van der Waals surface area contributed by atoms with Crippen LogP contribution in [0.5, 0.6) is 0 Å². The lowest BCUT2D eigenvalue weighted by atomic mass is 10.2. The third-order valence-corrected chi connectivity index (χ3v) is 2.33. The molecule has 2 N–H and O–H groups in total. The van der Waals surface area contributed by atoms with Crippen LogP contribution in [0.25, 0.3) is 0 Å². The minimum absolute atomic E-state index is 0.0397. The summed E-state index contributed by atoms with van der Waals surface area (Å²) in [4.78, 5) is 1.69. The van der Waals surface area contributed by atoms with E-state index >= 15 is 0 Å². The average Bonchev–Trinajstić information content (AvgIpc) is 2.21. The van der Waals surface area contributed by atoms with Gasteiger partial charge in [-0.3, -0.25) is 0 Å². The molecule has 1 aromatic rings. The number of hydrogen-bond donors (Lipinski definition) is 2. The minimum Gasteiger partial charge on any atom is -0.394 e. The Morgan fingerprint density at radius 2 is 2.20 bits per heavy atom. The molecule has 0 aliphatic carbocycles. The van der Waals surface area contributed by atoms with Crippen molar-refractivity contribution in [3.8, 4) is 0 Å². The van der Waals surface area contributed by atoms with E-state index in [9.17, 15) is 9.50 Å². The van der Waals surface area contributed by atoms with E-state index in [1.165, 1.54) is 12.1 Å². The maximum Gasteiger partial charge on any atom is 0.141 e. The summed E-state index contributed by atoms with van der Waals surface area (Å²) in [5, 5.41) is 17.9. The fraction of sp³-hybridized carbons (Fsp3) is 0.400. The van der Waals surface area contributed by atoms with Gasteiger partial charge in [0.1, 0.15) is 5.82 Å². The molecule has 0 saturated carbocycles. The Labute approximate surface area is 92.7 Å². The van der Waals surface area contributed by atoms with Crippen LogP contribution >= 0.6 is 11.6 Å². The molecular weight excluding hydrogens is 221 g/mol. The van der Waals surface area contributed by atoms with Gasteiger partial charge in [-0.2, -0.15) is 0 Å². The minimum atomic E-state index is -0.821. The predicted octanol–water partition coefficient (Wildman–Crippen LogP) is 1.27. The van der Waals surface area contributed by atoms with Gasteiger partial charge in [0.15, 0.2) is 0 Å². The smallest absolute Gasteiger partial charge is 0.141 e. The molecule has 1 unspecified atom stereocenters. The Kier molecular flexibility index (Phi) is 4.32. The Balaban J connectivity index is 2.73. The van der Waals surface area contributed by atoms with E-state index in [1.807, 2.05) is 0 Å². The largest absolute Gasteiger partial charge is 0.394 e. The predicted molar refractivity (Wildman–Crippen MR) is 57.8 cm³/mol. The molecule has 5 heteroatoms. The highest BCUT2D eigenvalue weighted by atomic mass is 35.5. The summed E-state index contributed by atoms with van der Waals surface area (Å²) in [5.41, 5.74) is 0.689. The van der Waals surface area contributed by atoms with Crippen molar-refractivity contribution in [2.45, 2.75) is 6.10 Å². The number of halogens is 2. The first-order chi connectivity index (χ1) is 7.04. The lowest BCUT2D eigenvalue weighted by Gasteiger charge is -2.21. The second-order valence-corrected chi connectivity index (χ2v) is 3.72. The zero-order valence-electron chi connectivity index (χ0n) is 8.32. The van der Waals surface area contributed by atoms with Crippen LogP contribution in [0.1, 0.15) is 0 Å². The van der Waals surface area contributed by atoms with Crippen molar-refractivity contribution in [2.24, 2.45) is 0 Å². The Morgan fingerprint density at radius 3 is 2.73 bits per heavy atom. The van der Waals surface area contributed by atoms with Crippen LogP contribution in [0.15, 0.2) is 18.2 Å². The van der Waals surface area contributed by atoms with E-state index in [-0.39, 0.29) is 18.2 Å². The van der Waals surface area contributed by atoms with Crippen LogP contribution in [0.3, 0.4) is 0 Å². The van der Waals surface area contributed by atoms with Crippen LogP contribution in [0.2, 0.25) is 5.02 Å². The van der Waals surface area contributed by atoms with Crippen molar-refractivity contribution in [1.82, 2.24) is 0 Å². The topological polar surface area (TPSA) is 43.7 Å². The fourth-order valence-corrected chi connectivity index (χ4v) is 1.38. The molecule has 0 aliphatic rings. The molecule has 0 saturated heterocycles. The van der Waals surface area contributed by atoms with Gasteiger partial charge in [-0.1, -0.05) is 11.6 Å². The van der Waals surface area contributed by atoms with Gasteiger partial charge >= 0.3 is 0 Å². The van der Waals surface area contributed by atoms with Crippen LogP contribution < -0.4 is 4.90 Å². The van der Waals surface area contributed by atoms with Crippen molar-refractivity contribution >= 4 is 17.3 Å². The van der Waals surface area contributed by atoms with Gasteiger partial charge in [0.2, 0.25) is 0 Å². The van der Waals surface area contributed by atoms with Crippen LogP contribution in [-0.4, -0.2) is 36.5 Å². The molecule has 0 spiro atoms. The standard InChI is InChI=1S/C10H13ClFNO2/c1-13(5-8(15)6-14)7-2-3-10(12)9(11)4-7/h2-4,8,14-15H,5-6H2,1H3. The second-order valence-electron chi connectivity index (χ2n) is 3.32. The Hall–Kier alpha value is -0.840. The second kappa shape index (κ2) is 5.30. The highest BCUT2D eigenvalue weighted by Gasteiger charge is 2.09. The van der Waals surface area contributed by atoms with E-state index in [2.05, 4.69) is 0 Å². The molecular formula is C10H13ClFNO2. The van der Waals surface area contributed by atoms with E-state index in [0.717, 1.165) is 0 Å². The van der Waals surface area contributed by atoms with Crippen molar-refractivity contribution < 1.29 is 14.6 Å². The third-order valence-electron chi connectivity index (χ3n) is 2.04. The van der Waals surface area contributed by atoms with E-state index in [1.54, 1.807) is 18.0 Å². The quantitative estimate of drug-likeness (QED) is 0.823. The van der Waals surface area contributed by atoms with Crippen molar-refractivity contribution in [3.63, 3.8) is 0 Å². The van der Waals surface area contributed by atoms with E-state index < -0.39 is 11.9 Å². The zero-order chi connectivity index (χ0) is 11.4. The number of aliphatic hydroxyl groups excluding tert-OH is 2. The maximum atomic E-state index is 12.9. The first-order valence-electron chi connectivity index (χ1n) is 4.49. The molecule has 0 amide bonds. The first kappa shape index (κ1) is 12.2. The lowest BCUT2D eigenvalue weighted by Crippen LogP contribution is -2.31. The summed E-state index contributed by atoms with van der Waals surface area (Å²) in [6.07, 6.45) is -0.821. The molecule has 0 fully saturated rings. The molecule has 0 heterocycles. The summed E-state index contributed by atoms with van der Waals surface area (Å²) in [7, 11) is 1.72. The number of hydrogen-bond acceptors (Lipinski definition) is 3.